The van der Waals surface area contributed by atoms with E-state index in [1.807, 2.05) is 0 Å². The van der Waals surface area contributed by atoms with Crippen LogP contribution in [-0.4, -0.2) is 24.9 Å². The maximum absolute atomic E-state index is 11.7. The van der Waals surface area contributed by atoms with Crippen LogP contribution in [0.2, 0.25) is 5.02 Å². The highest BCUT2D eigenvalue weighted by Gasteiger charge is 2.07. The van der Waals surface area contributed by atoms with Gasteiger partial charge in [0.2, 0.25) is 5.91 Å². The zero-order chi connectivity index (χ0) is 13.4. The van der Waals surface area contributed by atoms with Gasteiger partial charge in [-0.05, 0) is 30.7 Å². The maximum Gasteiger partial charge on any atom is 0.251 e. The average molecular weight is 269 g/mol. The molecule has 0 radical (unpaired) electrons. The molecule has 1 rings (SSSR count). The van der Waals surface area contributed by atoms with Crippen molar-refractivity contribution < 1.29 is 9.59 Å². The molecule has 2 amide bonds. The molecule has 2 N–H and O–H groups in total. The van der Waals surface area contributed by atoms with Crippen LogP contribution in [0.15, 0.2) is 24.3 Å². The fourth-order valence-electron chi connectivity index (χ4n) is 1.33. The molecule has 0 atom stereocenters. The molecule has 0 fully saturated rings. The van der Waals surface area contributed by atoms with Gasteiger partial charge in [-0.3, -0.25) is 9.59 Å². The van der Waals surface area contributed by atoms with E-state index >= 15 is 0 Å². The van der Waals surface area contributed by atoms with Gasteiger partial charge in [-0.2, -0.15) is 0 Å². The van der Waals surface area contributed by atoms with Crippen LogP contribution in [0, 0.1) is 0 Å². The SMILES string of the molecule is CCCCNC(=O)CNC(=O)c1ccc(Cl)cc1. The Labute approximate surface area is 112 Å². The standard InChI is InChI=1S/C13H17ClN2O2/c1-2-3-8-15-12(17)9-16-13(18)10-4-6-11(14)7-5-10/h4-7H,2-3,8-9H2,1H3,(H,15,17)(H,16,18). The molecule has 0 saturated carbocycles. The maximum atomic E-state index is 11.7. The van der Waals surface area contributed by atoms with Crippen LogP contribution in [0.4, 0.5) is 0 Å². The van der Waals surface area contributed by atoms with Gasteiger partial charge < -0.3 is 10.6 Å². The first-order valence-electron chi connectivity index (χ1n) is 5.94. The van der Waals surface area contributed by atoms with Crippen LogP contribution in [0.5, 0.6) is 0 Å². The van der Waals surface area contributed by atoms with Crippen molar-refractivity contribution >= 4 is 23.4 Å². The number of rotatable bonds is 6. The zero-order valence-electron chi connectivity index (χ0n) is 10.3. The number of halogens is 1. The summed E-state index contributed by atoms with van der Waals surface area (Å²) in [5, 5.41) is 5.85. The van der Waals surface area contributed by atoms with Crippen molar-refractivity contribution in [3.8, 4) is 0 Å². The van der Waals surface area contributed by atoms with Gasteiger partial charge in [-0.1, -0.05) is 24.9 Å². The van der Waals surface area contributed by atoms with E-state index in [2.05, 4.69) is 17.6 Å². The molecule has 0 unspecified atom stereocenters. The van der Waals surface area contributed by atoms with Gasteiger partial charge in [-0.25, -0.2) is 0 Å². The predicted octanol–water partition coefficient (Wildman–Crippen LogP) is 1.99. The first-order chi connectivity index (χ1) is 8.63. The van der Waals surface area contributed by atoms with Crippen molar-refractivity contribution in [2.75, 3.05) is 13.1 Å². The average Bonchev–Trinajstić information content (AvgIpc) is 2.37. The minimum Gasteiger partial charge on any atom is -0.355 e. The summed E-state index contributed by atoms with van der Waals surface area (Å²) in [6, 6.07) is 6.51. The number of amides is 2. The van der Waals surface area contributed by atoms with Gasteiger partial charge in [0.25, 0.3) is 5.91 Å². The van der Waals surface area contributed by atoms with E-state index in [0.717, 1.165) is 12.8 Å². The molecule has 4 nitrogen and oxygen atoms in total. The molecule has 1 aromatic rings. The van der Waals surface area contributed by atoms with Gasteiger partial charge >= 0.3 is 0 Å². The topological polar surface area (TPSA) is 58.2 Å². The third kappa shape index (κ3) is 5.19. The molecule has 0 spiro atoms. The summed E-state index contributed by atoms with van der Waals surface area (Å²) in [6.07, 6.45) is 1.97. The highest BCUT2D eigenvalue weighted by molar-refractivity contribution is 6.30. The second-order valence-corrected chi connectivity index (χ2v) is 4.33. The smallest absolute Gasteiger partial charge is 0.251 e. The summed E-state index contributed by atoms with van der Waals surface area (Å²) in [4.78, 5) is 23.0. The Balaban J connectivity index is 2.32. The molecular weight excluding hydrogens is 252 g/mol. The Hall–Kier alpha value is -1.55. The number of benzene rings is 1. The van der Waals surface area contributed by atoms with Gasteiger partial charge in [-0.15, -0.1) is 0 Å². The second kappa shape index (κ2) is 7.71. The number of carbonyl (C=O) groups excluding carboxylic acids is 2. The summed E-state index contributed by atoms with van der Waals surface area (Å²) < 4.78 is 0. The van der Waals surface area contributed by atoms with Crippen molar-refractivity contribution in [2.45, 2.75) is 19.8 Å². The lowest BCUT2D eigenvalue weighted by Gasteiger charge is -2.06. The van der Waals surface area contributed by atoms with Crippen LogP contribution < -0.4 is 10.6 Å². The molecule has 0 aliphatic carbocycles. The first kappa shape index (κ1) is 14.5. The van der Waals surface area contributed by atoms with Crippen molar-refractivity contribution in [1.29, 1.82) is 0 Å². The number of nitrogens with one attached hydrogen (secondary N) is 2. The lowest BCUT2D eigenvalue weighted by atomic mass is 10.2. The minimum absolute atomic E-state index is 0.00876. The van der Waals surface area contributed by atoms with E-state index in [0.29, 0.717) is 17.1 Å². The van der Waals surface area contributed by atoms with E-state index in [1.54, 1.807) is 24.3 Å². The number of hydrogen-bond acceptors (Lipinski definition) is 2. The summed E-state index contributed by atoms with van der Waals surface area (Å²) in [7, 11) is 0. The number of hydrogen-bond donors (Lipinski definition) is 2. The predicted molar refractivity (Wildman–Crippen MR) is 71.7 cm³/mol. The number of unbranched alkanes of at least 4 members (excludes halogenated alkanes) is 1. The van der Waals surface area contributed by atoms with Crippen LogP contribution in [-0.2, 0) is 4.79 Å². The van der Waals surface area contributed by atoms with Crippen LogP contribution >= 0.6 is 11.6 Å². The third-order valence-corrected chi connectivity index (χ3v) is 2.62. The molecule has 0 heterocycles. The molecule has 98 valence electrons. The van der Waals surface area contributed by atoms with Gasteiger partial charge in [0.15, 0.2) is 0 Å². The van der Waals surface area contributed by atoms with Crippen molar-refractivity contribution in [3.63, 3.8) is 0 Å². The minimum atomic E-state index is -0.280. The van der Waals surface area contributed by atoms with Gasteiger partial charge in [0.1, 0.15) is 0 Å². The van der Waals surface area contributed by atoms with Crippen LogP contribution in [0.1, 0.15) is 30.1 Å². The fourth-order valence-corrected chi connectivity index (χ4v) is 1.46. The summed E-state index contributed by atoms with van der Waals surface area (Å²) in [5.74, 6) is -0.455. The van der Waals surface area contributed by atoms with E-state index in [9.17, 15) is 9.59 Å². The van der Waals surface area contributed by atoms with Gasteiger partial charge in [0.05, 0.1) is 6.54 Å². The summed E-state index contributed by atoms with van der Waals surface area (Å²) in [5.41, 5.74) is 0.487. The molecule has 0 aliphatic rings. The molecule has 0 aromatic heterocycles. The van der Waals surface area contributed by atoms with E-state index in [1.165, 1.54) is 0 Å². The van der Waals surface area contributed by atoms with Crippen molar-refractivity contribution in [2.24, 2.45) is 0 Å². The van der Waals surface area contributed by atoms with Crippen molar-refractivity contribution in [1.82, 2.24) is 10.6 Å². The molecular formula is C13H17ClN2O2. The number of carbonyl (C=O) groups is 2. The summed E-state index contributed by atoms with van der Waals surface area (Å²) in [6.45, 7) is 2.69. The molecule has 5 heteroatoms. The quantitative estimate of drug-likeness (QED) is 0.775. The second-order valence-electron chi connectivity index (χ2n) is 3.89. The van der Waals surface area contributed by atoms with Crippen LogP contribution in [0.3, 0.4) is 0 Å². The monoisotopic (exact) mass is 268 g/mol. The highest BCUT2D eigenvalue weighted by Crippen LogP contribution is 2.09. The lowest BCUT2D eigenvalue weighted by Crippen LogP contribution is -2.37. The Bertz CT molecular complexity index is 404. The highest BCUT2D eigenvalue weighted by atomic mass is 35.5. The first-order valence-corrected chi connectivity index (χ1v) is 6.31. The molecule has 0 saturated heterocycles. The van der Waals surface area contributed by atoms with Gasteiger partial charge in [0, 0.05) is 17.1 Å². The third-order valence-electron chi connectivity index (χ3n) is 2.37. The van der Waals surface area contributed by atoms with E-state index < -0.39 is 0 Å². The Morgan fingerprint density at radius 3 is 2.44 bits per heavy atom. The van der Waals surface area contributed by atoms with E-state index in [4.69, 9.17) is 11.6 Å². The van der Waals surface area contributed by atoms with Crippen LogP contribution in [0.25, 0.3) is 0 Å². The molecule has 0 bridgehead atoms. The van der Waals surface area contributed by atoms with E-state index in [-0.39, 0.29) is 18.4 Å². The Kier molecular flexibility index (Phi) is 6.22. The largest absolute Gasteiger partial charge is 0.355 e. The molecule has 18 heavy (non-hydrogen) atoms. The fraction of sp³-hybridized carbons (Fsp3) is 0.385. The summed E-state index contributed by atoms with van der Waals surface area (Å²) >= 11 is 5.72. The lowest BCUT2D eigenvalue weighted by molar-refractivity contribution is -0.120. The van der Waals surface area contributed by atoms with Crippen molar-refractivity contribution in [3.05, 3.63) is 34.9 Å². The Morgan fingerprint density at radius 1 is 1.17 bits per heavy atom. The molecule has 0 aliphatic heterocycles. The normalized spacial score (nSPS) is 9.89. The molecule has 1 aromatic carbocycles. The Morgan fingerprint density at radius 2 is 1.83 bits per heavy atom. The zero-order valence-corrected chi connectivity index (χ0v) is 11.1.